The number of benzene rings is 2. The molecule has 0 spiro atoms. The molecule has 3 rings (SSSR count). The molecular weight excluding hydrogens is 401 g/mol. The summed E-state index contributed by atoms with van der Waals surface area (Å²) in [6.07, 6.45) is 0. The normalized spacial score (nSPS) is 10.6. The lowest BCUT2D eigenvalue weighted by molar-refractivity contribution is -0.116. The van der Waals surface area contributed by atoms with Crippen LogP contribution in [-0.2, 0) is 11.3 Å². The zero-order valence-corrected chi connectivity index (χ0v) is 17.1. The number of halogens is 2. The summed E-state index contributed by atoms with van der Waals surface area (Å²) >= 11 is 12.2. The second kappa shape index (κ2) is 8.54. The average Bonchev–Trinajstić information content (AvgIpc) is 2.91. The van der Waals surface area contributed by atoms with E-state index in [-0.39, 0.29) is 12.5 Å². The van der Waals surface area contributed by atoms with Crippen LogP contribution in [0.25, 0.3) is 0 Å². The van der Waals surface area contributed by atoms with Crippen molar-refractivity contribution in [3.05, 3.63) is 63.9 Å². The number of amides is 1. The van der Waals surface area contributed by atoms with Gasteiger partial charge in [0, 0.05) is 5.02 Å². The highest BCUT2D eigenvalue weighted by atomic mass is 35.5. The molecule has 0 fully saturated rings. The van der Waals surface area contributed by atoms with Crippen LogP contribution in [0.15, 0.2) is 42.5 Å². The molecule has 0 atom stereocenters. The van der Waals surface area contributed by atoms with E-state index in [1.807, 2.05) is 6.92 Å². The third kappa shape index (κ3) is 4.58. The molecule has 2 aromatic carbocycles. The molecule has 1 amide bonds. The Balaban J connectivity index is 1.77. The summed E-state index contributed by atoms with van der Waals surface area (Å²) in [5.41, 5.74) is 1.87. The van der Waals surface area contributed by atoms with Crippen molar-refractivity contribution in [1.82, 2.24) is 9.78 Å². The molecule has 0 aliphatic heterocycles. The van der Waals surface area contributed by atoms with Crippen molar-refractivity contribution in [2.75, 3.05) is 12.4 Å². The zero-order valence-electron chi connectivity index (χ0n) is 15.6. The Morgan fingerprint density at radius 3 is 2.39 bits per heavy atom. The van der Waals surface area contributed by atoms with Crippen molar-refractivity contribution in [3.63, 3.8) is 0 Å². The van der Waals surface area contributed by atoms with Crippen LogP contribution >= 0.6 is 23.2 Å². The maximum Gasteiger partial charge on any atom is 0.246 e. The smallest absolute Gasteiger partial charge is 0.246 e. The van der Waals surface area contributed by atoms with Gasteiger partial charge in [0.15, 0.2) is 5.75 Å². The van der Waals surface area contributed by atoms with Crippen molar-refractivity contribution < 1.29 is 14.3 Å². The largest absolute Gasteiger partial charge is 0.497 e. The van der Waals surface area contributed by atoms with Gasteiger partial charge in [-0.25, -0.2) is 0 Å². The minimum atomic E-state index is -0.274. The highest BCUT2D eigenvalue weighted by molar-refractivity contribution is 6.32. The number of anilines is 1. The number of rotatable bonds is 6. The number of aromatic nitrogens is 2. The topological polar surface area (TPSA) is 65.4 Å². The van der Waals surface area contributed by atoms with E-state index in [1.165, 1.54) is 0 Å². The predicted molar refractivity (Wildman–Crippen MR) is 110 cm³/mol. The lowest BCUT2D eigenvalue weighted by atomic mass is 10.2. The van der Waals surface area contributed by atoms with Crippen molar-refractivity contribution in [1.29, 1.82) is 0 Å². The van der Waals surface area contributed by atoms with Gasteiger partial charge in [0.1, 0.15) is 18.0 Å². The van der Waals surface area contributed by atoms with Gasteiger partial charge < -0.3 is 14.8 Å². The van der Waals surface area contributed by atoms with Crippen LogP contribution < -0.4 is 14.8 Å². The second-order valence-electron chi connectivity index (χ2n) is 6.11. The van der Waals surface area contributed by atoms with Gasteiger partial charge in [0.05, 0.1) is 29.2 Å². The van der Waals surface area contributed by atoms with Gasteiger partial charge in [-0.1, -0.05) is 23.2 Å². The number of nitrogens with zero attached hydrogens (tertiary/aromatic N) is 2. The van der Waals surface area contributed by atoms with Crippen LogP contribution in [0.3, 0.4) is 0 Å². The van der Waals surface area contributed by atoms with E-state index in [2.05, 4.69) is 10.4 Å². The Morgan fingerprint density at radius 1 is 1.11 bits per heavy atom. The molecule has 6 nitrogen and oxygen atoms in total. The summed E-state index contributed by atoms with van der Waals surface area (Å²) < 4.78 is 12.6. The first-order valence-corrected chi connectivity index (χ1v) is 9.24. The van der Waals surface area contributed by atoms with E-state index in [0.29, 0.717) is 32.9 Å². The zero-order chi connectivity index (χ0) is 20.3. The Morgan fingerprint density at radius 2 is 1.79 bits per heavy atom. The monoisotopic (exact) mass is 419 g/mol. The summed E-state index contributed by atoms with van der Waals surface area (Å²) in [5, 5.41) is 8.12. The van der Waals surface area contributed by atoms with Crippen molar-refractivity contribution >= 4 is 34.8 Å². The summed E-state index contributed by atoms with van der Waals surface area (Å²) in [6.45, 7) is 3.63. The molecule has 0 bridgehead atoms. The van der Waals surface area contributed by atoms with Crippen LogP contribution in [0, 0.1) is 13.8 Å². The lowest BCUT2D eigenvalue weighted by Gasteiger charge is -2.13. The molecule has 8 heteroatoms. The molecule has 146 valence electrons. The summed E-state index contributed by atoms with van der Waals surface area (Å²) in [6, 6.07) is 12.1. The Hall–Kier alpha value is -2.70. The van der Waals surface area contributed by atoms with Crippen LogP contribution in [0.2, 0.25) is 10.0 Å². The quantitative estimate of drug-likeness (QED) is 0.592. The van der Waals surface area contributed by atoms with Gasteiger partial charge >= 0.3 is 0 Å². The Labute approximate surface area is 173 Å². The SMILES string of the molecule is COc1ccc(Oc2ccc(Cl)cc2NC(=O)Cn2nc(C)c(Cl)c2C)cc1. The van der Waals surface area contributed by atoms with Crippen LogP contribution in [-0.4, -0.2) is 22.8 Å². The number of nitrogens with one attached hydrogen (secondary N) is 1. The first kappa shape index (κ1) is 20.0. The van der Waals surface area contributed by atoms with Gasteiger partial charge in [-0.2, -0.15) is 5.10 Å². The highest BCUT2D eigenvalue weighted by Gasteiger charge is 2.14. The van der Waals surface area contributed by atoms with Gasteiger partial charge in [-0.05, 0) is 56.3 Å². The van der Waals surface area contributed by atoms with E-state index >= 15 is 0 Å². The molecule has 1 N–H and O–H groups in total. The molecule has 0 aliphatic rings. The lowest BCUT2D eigenvalue weighted by Crippen LogP contribution is -2.20. The van der Waals surface area contributed by atoms with E-state index in [4.69, 9.17) is 32.7 Å². The third-order valence-corrected chi connectivity index (χ3v) is 4.87. The minimum absolute atomic E-state index is 0.0217. The summed E-state index contributed by atoms with van der Waals surface area (Å²) in [5.74, 6) is 1.52. The molecule has 0 aliphatic carbocycles. The van der Waals surface area contributed by atoms with Crippen LogP contribution in [0.4, 0.5) is 5.69 Å². The Kier molecular flexibility index (Phi) is 6.11. The van der Waals surface area contributed by atoms with Crippen LogP contribution in [0.1, 0.15) is 11.4 Å². The number of carbonyl (C=O) groups excluding carboxylic acids is 1. The van der Waals surface area contributed by atoms with E-state index < -0.39 is 0 Å². The number of aryl methyl sites for hydroxylation is 1. The molecule has 1 heterocycles. The first-order valence-electron chi connectivity index (χ1n) is 8.48. The molecule has 1 aromatic heterocycles. The predicted octanol–water partition coefficient (Wildman–Crippen LogP) is 5.25. The molecule has 0 radical (unpaired) electrons. The maximum atomic E-state index is 12.5. The molecule has 0 unspecified atom stereocenters. The molecule has 0 saturated heterocycles. The second-order valence-corrected chi connectivity index (χ2v) is 6.92. The molecule has 28 heavy (non-hydrogen) atoms. The van der Waals surface area contributed by atoms with Crippen molar-refractivity contribution in [2.24, 2.45) is 0 Å². The first-order chi connectivity index (χ1) is 13.4. The van der Waals surface area contributed by atoms with Crippen LogP contribution in [0.5, 0.6) is 17.2 Å². The standard InChI is InChI=1S/C20H19Cl2N3O3/c1-12-20(22)13(2)25(24-12)11-19(26)23-17-10-14(21)4-9-18(17)28-16-7-5-15(27-3)6-8-16/h4-10H,11H2,1-3H3,(H,23,26). The van der Waals surface area contributed by atoms with E-state index in [9.17, 15) is 4.79 Å². The van der Waals surface area contributed by atoms with Crippen molar-refractivity contribution in [2.45, 2.75) is 20.4 Å². The average molecular weight is 420 g/mol. The van der Waals surface area contributed by atoms with Gasteiger partial charge in [0.25, 0.3) is 0 Å². The summed E-state index contributed by atoms with van der Waals surface area (Å²) in [4.78, 5) is 12.5. The number of hydrogen-bond donors (Lipinski definition) is 1. The fourth-order valence-electron chi connectivity index (χ4n) is 2.61. The molecular formula is C20H19Cl2N3O3. The fourth-order valence-corrected chi connectivity index (χ4v) is 2.92. The molecule has 3 aromatic rings. The van der Waals surface area contributed by atoms with Gasteiger partial charge in [-0.15, -0.1) is 0 Å². The minimum Gasteiger partial charge on any atom is -0.497 e. The van der Waals surface area contributed by atoms with Gasteiger partial charge in [0.2, 0.25) is 5.91 Å². The maximum absolute atomic E-state index is 12.5. The molecule has 0 saturated carbocycles. The van der Waals surface area contributed by atoms with Gasteiger partial charge in [-0.3, -0.25) is 9.48 Å². The number of carbonyl (C=O) groups is 1. The fraction of sp³-hybridized carbons (Fsp3) is 0.200. The Bertz CT molecular complexity index is 1000. The third-order valence-electron chi connectivity index (χ3n) is 4.09. The number of ether oxygens (including phenoxy) is 2. The highest BCUT2D eigenvalue weighted by Crippen LogP contribution is 2.33. The van der Waals surface area contributed by atoms with Crippen molar-refractivity contribution in [3.8, 4) is 17.2 Å². The number of methoxy groups -OCH3 is 1. The summed E-state index contributed by atoms with van der Waals surface area (Å²) in [7, 11) is 1.60. The van der Waals surface area contributed by atoms with E-state index in [1.54, 1.807) is 61.2 Å². The van der Waals surface area contributed by atoms with E-state index in [0.717, 1.165) is 11.4 Å². The number of hydrogen-bond acceptors (Lipinski definition) is 4.